The Labute approximate surface area is 138 Å². The molecule has 2 aromatic rings. The van der Waals surface area contributed by atoms with Crippen LogP contribution in [0.15, 0.2) is 41.1 Å². The van der Waals surface area contributed by atoms with Crippen molar-refractivity contribution in [3.05, 3.63) is 46.7 Å². The molecule has 1 fully saturated rings. The summed E-state index contributed by atoms with van der Waals surface area (Å²) in [6.45, 7) is 2.08. The Morgan fingerprint density at radius 3 is 2.73 bits per heavy atom. The Balaban J connectivity index is 1.81. The molecule has 0 saturated carbocycles. The van der Waals surface area contributed by atoms with Crippen LogP contribution in [0.5, 0.6) is 5.75 Å². The minimum atomic E-state index is 0.193. The Kier molecular flexibility index (Phi) is 4.90. The average molecular weight is 364 g/mol. The first-order chi connectivity index (χ1) is 10.7. The molecule has 1 aromatic heterocycles. The Hall–Kier alpha value is -1.66. The molecule has 1 N–H and O–H groups in total. The van der Waals surface area contributed by atoms with Crippen LogP contribution < -0.4 is 4.90 Å². The van der Waals surface area contributed by atoms with Crippen molar-refractivity contribution in [3.63, 3.8) is 0 Å². The molecule has 6 heteroatoms. The standard InChI is InChI=1S/C16H18BrN3O2/c17-13-8-18-16(19-9-13)20(11-14-5-3-7-22-14)10-12-4-1-2-6-15(12)21/h1-2,4,6,8-9,14,21H,3,5,7,10-11H2. The number of phenols is 1. The summed E-state index contributed by atoms with van der Waals surface area (Å²) >= 11 is 3.35. The molecule has 1 atom stereocenters. The maximum absolute atomic E-state index is 10.0. The monoisotopic (exact) mass is 363 g/mol. The molecule has 1 saturated heterocycles. The van der Waals surface area contributed by atoms with Gasteiger partial charge in [-0.2, -0.15) is 0 Å². The van der Waals surface area contributed by atoms with Gasteiger partial charge in [-0.3, -0.25) is 0 Å². The zero-order valence-corrected chi connectivity index (χ0v) is 13.7. The molecule has 2 heterocycles. The van der Waals surface area contributed by atoms with E-state index in [-0.39, 0.29) is 11.9 Å². The van der Waals surface area contributed by atoms with Gasteiger partial charge >= 0.3 is 0 Å². The minimum absolute atomic E-state index is 0.193. The Morgan fingerprint density at radius 1 is 1.27 bits per heavy atom. The largest absolute Gasteiger partial charge is 0.508 e. The molecule has 1 aliphatic heterocycles. The fraction of sp³-hybridized carbons (Fsp3) is 0.375. The number of para-hydroxylation sites is 1. The highest BCUT2D eigenvalue weighted by molar-refractivity contribution is 9.10. The lowest BCUT2D eigenvalue weighted by molar-refractivity contribution is 0.115. The molecule has 0 spiro atoms. The summed E-state index contributed by atoms with van der Waals surface area (Å²) in [5.74, 6) is 0.930. The highest BCUT2D eigenvalue weighted by Crippen LogP contribution is 2.23. The van der Waals surface area contributed by atoms with Gasteiger partial charge < -0.3 is 14.7 Å². The number of halogens is 1. The fourth-order valence-electron chi connectivity index (χ4n) is 2.57. The van der Waals surface area contributed by atoms with Crippen LogP contribution in [0.2, 0.25) is 0 Å². The van der Waals surface area contributed by atoms with E-state index in [2.05, 4.69) is 30.8 Å². The van der Waals surface area contributed by atoms with Crippen molar-refractivity contribution in [2.45, 2.75) is 25.5 Å². The first-order valence-electron chi connectivity index (χ1n) is 7.33. The lowest BCUT2D eigenvalue weighted by Crippen LogP contribution is -2.33. The number of phenolic OH excluding ortho intramolecular Hbond substituents is 1. The third-order valence-corrected chi connectivity index (χ3v) is 4.10. The van der Waals surface area contributed by atoms with E-state index in [4.69, 9.17) is 4.74 Å². The SMILES string of the molecule is Oc1ccccc1CN(CC1CCCO1)c1ncc(Br)cn1. The van der Waals surface area contributed by atoms with E-state index in [0.29, 0.717) is 12.5 Å². The van der Waals surface area contributed by atoms with Gasteiger partial charge in [0.2, 0.25) is 5.95 Å². The number of anilines is 1. The van der Waals surface area contributed by atoms with E-state index in [9.17, 15) is 5.11 Å². The number of ether oxygens (including phenoxy) is 1. The van der Waals surface area contributed by atoms with E-state index in [0.717, 1.165) is 36.0 Å². The molecular formula is C16H18BrN3O2. The zero-order chi connectivity index (χ0) is 15.4. The maximum atomic E-state index is 10.0. The van der Waals surface area contributed by atoms with Gasteiger partial charge in [-0.25, -0.2) is 9.97 Å². The van der Waals surface area contributed by atoms with Crippen LogP contribution in [0.25, 0.3) is 0 Å². The third-order valence-electron chi connectivity index (χ3n) is 3.69. The zero-order valence-electron chi connectivity index (χ0n) is 12.2. The van der Waals surface area contributed by atoms with Crippen molar-refractivity contribution in [1.29, 1.82) is 0 Å². The number of hydrogen-bond donors (Lipinski definition) is 1. The van der Waals surface area contributed by atoms with Crippen LogP contribution in [0.3, 0.4) is 0 Å². The summed E-state index contributed by atoms with van der Waals surface area (Å²) in [6.07, 6.45) is 5.80. The van der Waals surface area contributed by atoms with Crippen LogP contribution >= 0.6 is 15.9 Å². The molecule has 1 aromatic carbocycles. The van der Waals surface area contributed by atoms with Crippen LogP contribution in [0, 0.1) is 0 Å². The fourth-order valence-corrected chi connectivity index (χ4v) is 2.77. The first kappa shape index (κ1) is 15.2. The predicted octanol–water partition coefficient (Wildman–Crippen LogP) is 3.13. The molecule has 3 rings (SSSR count). The number of nitrogens with zero attached hydrogens (tertiary/aromatic N) is 3. The summed E-state index contributed by atoms with van der Waals surface area (Å²) in [4.78, 5) is 10.8. The van der Waals surface area contributed by atoms with Crippen LogP contribution in [-0.4, -0.2) is 34.3 Å². The summed E-state index contributed by atoms with van der Waals surface area (Å²) in [5, 5.41) is 10.0. The maximum Gasteiger partial charge on any atom is 0.225 e. The lowest BCUT2D eigenvalue weighted by Gasteiger charge is -2.25. The van der Waals surface area contributed by atoms with Crippen molar-refractivity contribution in [1.82, 2.24) is 9.97 Å². The third kappa shape index (κ3) is 3.75. The molecule has 22 heavy (non-hydrogen) atoms. The molecule has 0 bridgehead atoms. The highest BCUT2D eigenvalue weighted by atomic mass is 79.9. The number of hydrogen-bond acceptors (Lipinski definition) is 5. The van der Waals surface area contributed by atoms with Crippen molar-refractivity contribution < 1.29 is 9.84 Å². The topological polar surface area (TPSA) is 58.5 Å². The van der Waals surface area contributed by atoms with Gasteiger partial charge in [0, 0.05) is 37.7 Å². The van der Waals surface area contributed by atoms with Gasteiger partial charge in [-0.1, -0.05) is 18.2 Å². The van der Waals surface area contributed by atoms with Gasteiger partial charge in [0.1, 0.15) is 5.75 Å². The van der Waals surface area contributed by atoms with Crippen LogP contribution in [-0.2, 0) is 11.3 Å². The smallest absolute Gasteiger partial charge is 0.225 e. The second-order valence-corrected chi connectivity index (χ2v) is 6.26. The number of benzene rings is 1. The molecule has 0 amide bonds. The van der Waals surface area contributed by atoms with Gasteiger partial charge in [0.15, 0.2) is 0 Å². The van der Waals surface area contributed by atoms with Crippen LogP contribution in [0.1, 0.15) is 18.4 Å². The molecule has 1 unspecified atom stereocenters. The van der Waals surface area contributed by atoms with Crippen molar-refractivity contribution in [2.24, 2.45) is 0 Å². The Bertz CT molecular complexity index is 615. The molecule has 0 aliphatic carbocycles. The second-order valence-electron chi connectivity index (χ2n) is 5.35. The summed E-state index contributed by atoms with van der Waals surface area (Å²) in [6, 6.07) is 7.35. The molecule has 0 radical (unpaired) electrons. The molecule has 116 valence electrons. The summed E-state index contributed by atoms with van der Waals surface area (Å²) < 4.78 is 6.57. The van der Waals surface area contributed by atoms with Gasteiger partial charge in [-0.15, -0.1) is 0 Å². The number of rotatable bonds is 5. The van der Waals surface area contributed by atoms with E-state index in [1.54, 1.807) is 18.5 Å². The quantitative estimate of drug-likeness (QED) is 0.884. The van der Waals surface area contributed by atoms with Gasteiger partial charge in [0.25, 0.3) is 0 Å². The Morgan fingerprint density at radius 2 is 2.05 bits per heavy atom. The summed E-state index contributed by atoms with van der Waals surface area (Å²) in [7, 11) is 0. The minimum Gasteiger partial charge on any atom is -0.508 e. The highest BCUT2D eigenvalue weighted by Gasteiger charge is 2.21. The lowest BCUT2D eigenvalue weighted by atomic mass is 10.1. The first-order valence-corrected chi connectivity index (χ1v) is 8.12. The van der Waals surface area contributed by atoms with Crippen LogP contribution in [0.4, 0.5) is 5.95 Å². The van der Waals surface area contributed by atoms with Gasteiger partial charge in [-0.05, 0) is 34.8 Å². The van der Waals surface area contributed by atoms with Gasteiger partial charge in [0.05, 0.1) is 10.6 Å². The van der Waals surface area contributed by atoms with E-state index >= 15 is 0 Å². The van der Waals surface area contributed by atoms with E-state index < -0.39 is 0 Å². The summed E-state index contributed by atoms with van der Waals surface area (Å²) in [5.41, 5.74) is 0.854. The van der Waals surface area contributed by atoms with Crippen molar-refractivity contribution in [3.8, 4) is 5.75 Å². The average Bonchev–Trinajstić information content (AvgIpc) is 3.03. The molecular weight excluding hydrogens is 346 g/mol. The number of aromatic hydroxyl groups is 1. The number of aromatic nitrogens is 2. The normalized spacial score (nSPS) is 17.6. The predicted molar refractivity (Wildman–Crippen MR) is 87.9 cm³/mol. The molecule has 1 aliphatic rings. The van der Waals surface area contributed by atoms with Crippen molar-refractivity contribution >= 4 is 21.9 Å². The van der Waals surface area contributed by atoms with Crippen molar-refractivity contribution in [2.75, 3.05) is 18.1 Å². The second kappa shape index (κ2) is 7.07. The van der Waals surface area contributed by atoms with E-state index in [1.807, 2.05) is 18.2 Å². The molecule has 5 nitrogen and oxygen atoms in total. The van der Waals surface area contributed by atoms with E-state index in [1.165, 1.54) is 0 Å².